The second kappa shape index (κ2) is 6.06. The van der Waals surface area contributed by atoms with E-state index in [-0.39, 0.29) is 0 Å². The summed E-state index contributed by atoms with van der Waals surface area (Å²) in [5, 5.41) is 5.66. The molecule has 1 N–H and O–H groups in total. The molecule has 0 spiro atoms. The maximum atomic E-state index is 12.3. The molecule has 0 amide bonds. The molecule has 126 valence electrons. The molecule has 8 heteroatoms. The van der Waals surface area contributed by atoms with Crippen molar-refractivity contribution in [1.82, 2.24) is 14.5 Å². The van der Waals surface area contributed by atoms with Crippen molar-refractivity contribution >= 4 is 33.4 Å². The van der Waals surface area contributed by atoms with Crippen molar-refractivity contribution in [2.75, 3.05) is 12.4 Å². The molecular weight excluding hydrogens is 340 g/mol. The van der Waals surface area contributed by atoms with Crippen LogP contribution < -0.4 is 15.7 Å². The minimum absolute atomic E-state index is 0.385. The molecule has 0 aliphatic rings. The highest BCUT2D eigenvalue weighted by molar-refractivity contribution is 7.14. The van der Waals surface area contributed by atoms with Gasteiger partial charge in [0.2, 0.25) is 5.71 Å². The van der Waals surface area contributed by atoms with Crippen LogP contribution in [0.5, 0.6) is 5.75 Å². The maximum Gasteiger partial charge on any atom is 0.347 e. The third-order valence-electron chi connectivity index (χ3n) is 3.73. The van der Waals surface area contributed by atoms with Crippen LogP contribution in [0.2, 0.25) is 0 Å². The molecule has 3 heterocycles. The molecule has 1 aromatic carbocycles. The number of imidazole rings is 1. The summed E-state index contributed by atoms with van der Waals surface area (Å²) in [5.41, 5.74) is 2.35. The summed E-state index contributed by atoms with van der Waals surface area (Å²) < 4.78 is 12.3. The molecule has 0 saturated carbocycles. The Kier molecular flexibility index (Phi) is 3.73. The van der Waals surface area contributed by atoms with Crippen molar-refractivity contribution < 1.29 is 9.15 Å². The first-order chi connectivity index (χ1) is 12.2. The zero-order valence-electron chi connectivity index (χ0n) is 13.5. The zero-order valence-corrected chi connectivity index (χ0v) is 14.3. The van der Waals surface area contributed by atoms with Crippen LogP contribution in [0.15, 0.2) is 51.3 Å². The second-order valence-corrected chi connectivity index (χ2v) is 6.21. The average molecular weight is 354 g/mol. The Bertz CT molecular complexity index is 1110. The van der Waals surface area contributed by atoms with Gasteiger partial charge < -0.3 is 19.0 Å². The first-order valence-electron chi connectivity index (χ1n) is 7.47. The molecule has 4 aromatic rings. The number of ether oxygens (including phenoxy) is 1. The molecule has 4 rings (SSSR count). The van der Waals surface area contributed by atoms with E-state index < -0.39 is 5.63 Å². The third-order valence-corrected chi connectivity index (χ3v) is 4.49. The predicted octanol–water partition coefficient (Wildman–Crippen LogP) is 3.40. The quantitative estimate of drug-likeness (QED) is 0.605. The number of nitrogens with one attached hydrogen (secondary N) is 1. The number of hydrogen-bond acceptors (Lipinski definition) is 7. The Morgan fingerprint density at radius 3 is 3.00 bits per heavy atom. The van der Waals surface area contributed by atoms with E-state index in [2.05, 4.69) is 15.3 Å². The van der Waals surface area contributed by atoms with E-state index in [1.165, 1.54) is 11.3 Å². The van der Waals surface area contributed by atoms with Gasteiger partial charge in [-0.15, -0.1) is 11.3 Å². The Balaban J connectivity index is 1.70. The molecule has 7 nitrogen and oxygen atoms in total. The van der Waals surface area contributed by atoms with Crippen molar-refractivity contribution in [1.29, 1.82) is 0 Å². The van der Waals surface area contributed by atoms with Crippen LogP contribution >= 0.6 is 11.3 Å². The molecule has 0 saturated heterocycles. The van der Waals surface area contributed by atoms with Crippen LogP contribution in [-0.4, -0.2) is 21.6 Å². The number of rotatable bonds is 4. The lowest BCUT2D eigenvalue weighted by Gasteiger charge is -2.07. The van der Waals surface area contributed by atoms with E-state index in [4.69, 9.17) is 9.15 Å². The van der Waals surface area contributed by atoms with Gasteiger partial charge in [-0.25, -0.2) is 14.8 Å². The number of nitrogens with zero attached hydrogens (tertiary/aromatic N) is 3. The van der Waals surface area contributed by atoms with Crippen molar-refractivity contribution in [2.24, 2.45) is 7.05 Å². The summed E-state index contributed by atoms with van der Waals surface area (Å²) >= 11 is 1.39. The number of para-hydroxylation sites is 2. The molecular formula is C17H14N4O3S. The van der Waals surface area contributed by atoms with Gasteiger partial charge in [-0.1, -0.05) is 12.1 Å². The molecule has 25 heavy (non-hydrogen) atoms. The third kappa shape index (κ3) is 2.76. The fourth-order valence-corrected chi connectivity index (χ4v) is 3.22. The number of anilines is 2. The van der Waals surface area contributed by atoms with Gasteiger partial charge in [-0.3, -0.25) is 0 Å². The maximum absolute atomic E-state index is 12.3. The number of methoxy groups -OCH3 is 1. The minimum atomic E-state index is -0.440. The summed E-state index contributed by atoms with van der Waals surface area (Å²) in [4.78, 5) is 21.0. The second-order valence-electron chi connectivity index (χ2n) is 5.36. The van der Waals surface area contributed by atoms with Gasteiger partial charge >= 0.3 is 5.63 Å². The Labute approximate surface area is 146 Å². The fourth-order valence-electron chi connectivity index (χ4n) is 2.50. The van der Waals surface area contributed by atoms with Crippen molar-refractivity contribution in [2.45, 2.75) is 0 Å². The van der Waals surface area contributed by atoms with Crippen molar-refractivity contribution in [3.8, 4) is 17.0 Å². The first-order valence-corrected chi connectivity index (χ1v) is 8.35. The van der Waals surface area contributed by atoms with Gasteiger partial charge in [0.15, 0.2) is 5.13 Å². The van der Waals surface area contributed by atoms with E-state index >= 15 is 0 Å². The number of aryl methyl sites for hydroxylation is 1. The summed E-state index contributed by atoms with van der Waals surface area (Å²) in [6.45, 7) is 0. The normalized spacial score (nSPS) is 11.0. The van der Waals surface area contributed by atoms with Crippen molar-refractivity contribution in [3.63, 3.8) is 0 Å². The summed E-state index contributed by atoms with van der Waals surface area (Å²) in [6.07, 6.45) is 1.60. The van der Waals surface area contributed by atoms with Gasteiger partial charge in [-0.05, 0) is 18.2 Å². The SMILES string of the molecule is COc1ccccc1Nc1nc(-c2cc3ncn(C)c3oc2=O)cs1. The van der Waals surface area contributed by atoms with E-state index in [9.17, 15) is 4.79 Å². The number of hydrogen-bond donors (Lipinski definition) is 1. The lowest BCUT2D eigenvalue weighted by Crippen LogP contribution is -2.04. The highest BCUT2D eigenvalue weighted by Crippen LogP contribution is 2.30. The number of aromatic nitrogens is 3. The molecule has 0 bridgehead atoms. The number of fused-ring (bicyclic) bond motifs is 1. The van der Waals surface area contributed by atoms with Gasteiger partial charge in [-0.2, -0.15) is 0 Å². The van der Waals surface area contributed by atoms with E-state index in [0.717, 1.165) is 5.69 Å². The lowest BCUT2D eigenvalue weighted by atomic mass is 10.2. The number of thiazole rings is 1. The highest BCUT2D eigenvalue weighted by Gasteiger charge is 2.14. The molecule has 0 atom stereocenters. The predicted molar refractivity (Wildman–Crippen MR) is 96.6 cm³/mol. The summed E-state index contributed by atoms with van der Waals surface area (Å²) in [5.74, 6) is 0.716. The molecule has 0 aliphatic heterocycles. The monoisotopic (exact) mass is 354 g/mol. The standard InChI is InChI=1S/C17H14N4O3S/c1-21-9-18-12-7-10(16(22)24-15(12)21)13-8-25-17(20-13)19-11-5-3-4-6-14(11)23-2/h3-9H,1-2H3,(H,19,20). The molecule has 0 unspecified atom stereocenters. The molecule has 0 radical (unpaired) electrons. The molecule has 3 aromatic heterocycles. The minimum Gasteiger partial charge on any atom is -0.495 e. The van der Waals surface area contributed by atoms with Crippen LogP contribution in [-0.2, 0) is 7.05 Å². The van der Waals surface area contributed by atoms with Gasteiger partial charge in [0.05, 0.1) is 30.4 Å². The lowest BCUT2D eigenvalue weighted by molar-refractivity contribution is 0.417. The largest absolute Gasteiger partial charge is 0.495 e. The summed E-state index contributed by atoms with van der Waals surface area (Å²) in [7, 11) is 3.39. The number of benzene rings is 1. The average Bonchev–Trinajstić information content (AvgIpc) is 3.22. The zero-order chi connectivity index (χ0) is 17.4. The Hall–Kier alpha value is -3.13. The van der Waals surface area contributed by atoms with E-state index in [1.807, 2.05) is 24.3 Å². The van der Waals surface area contributed by atoms with Crippen LogP contribution in [0.25, 0.3) is 22.5 Å². The van der Waals surface area contributed by atoms with Crippen LogP contribution in [0.1, 0.15) is 0 Å². The summed E-state index contributed by atoms with van der Waals surface area (Å²) in [6, 6.07) is 9.26. The Morgan fingerprint density at radius 2 is 2.16 bits per heavy atom. The van der Waals surface area contributed by atoms with Crippen LogP contribution in [0, 0.1) is 0 Å². The van der Waals surface area contributed by atoms with Gasteiger partial charge in [0, 0.05) is 12.4 Å². The van der Waals surface area contributed by atoms with Gasteiger partial charge in [0.1, 0.15) is 11.3 Å². The van der Waals surface area contributed by atoms with Crippen molar-refractivity contribution in [3.05, 3.63) is 52.5 Å². The van der Waals surface area contributed by atoms with E-state index in [0.29, 0.717) is 33.4 Å². The Morgan fingerprint density at radius 1 is 1.32 bits per heavy atom. The molecule has 0 aliphatic carbocycles. The van der Waals surface area contributed by atoms with E-state index in [1.54, 1.807) is 36.5 Å². The van der Waals surface area contributed by atoms with Gasteiger partial charge in [0.25, 0.3) is 0 Å². The smallest absolute Gasteiger partial charge is 0.347 e. The molecule has 0 fully saturated rings. The highest BCUT2D eigenvalue weighted by atomic mass is 32.1. The topological polar surface area (TPSA) is 82.2 Å². The van der Waals surface area contributed by atoms with Crippen LogP contribution in [0.3, 0.4) is 0 Å². The first kappa shape index (κ1) is 15.4. The van der Waals surface area contributed by atoms with Crippen LogP contribution in [0.4, 0.5) is 10.8 Å². The fraction of sp³-hybridized carbons (Fsp3) is 0.118.